The third kappa shape index (κ3) is 5.51. The van der Waals surface area contributed by atoms with Crippen LogP contribution in [0, 0.1) is 6.92 Å². The Hall–Kier alpha value is -2.99. The second kappa shape index (κ2) is 9.98. The van der Waals surface area contributed by atoms with Crippen molar-refractivity contribution in [2.45, 2.75) is 33.2 Å². The molecular weight excluding hydrogens is 382 g/mol. The lowest BCUT2D eigenvalue weighted by Crippen LogP contribution is -2.24. The number of nitrogens with one attached hydrogen (secondary N) is 2. The van der Waals surface area contributed by atoms with Gasteiger partial charge in [-0.1, -0.05) is 55.8 Å². The Morgan fingerprint density at radius 3 is 2.38 bits per heavy atom. The first-order valence-electron chi connectivity index (χ1n) is 9.76. The highest BCUT2D eigenvalue weighted by Gasteiger charge is 2.18. The van der Waals surface area contributed by atoms with Crippen molar-refractivity contribution >= 4 is 23.2 Å². The quantitative estimate of drug-likeness (QED) is 0.537. The van der Waals surface area contributed by atoms with E-state index in [0.29, 0.717) is 29.2 Å². The standard InChI is InChI=1S/C23H25N3O2S/c1-3-4-14-24-22(27)19-12-10-17(11-13-19)15-25-23(28)21-20(26-16(2)29-21)18-8-6-5-7-9-18/h5-13H,3-4,14-15H2,1-2H3,(H,24,27)(H,25,28). The minimum atomic E-state index is -0.143. The van der Waals surface area contributed by atoms with Crippen molar-refractivity contribution in [2.75, 3.05) is 6.54 Å². The number of benzene rings is 2. The first-order valence-corrected chi connectivity index (χ1v) is 10.6. The average Bonchev–Trinajstić information content (AvgIpc) is 3.15. The zero-order chi connectivity index (χ0) is 20.6. The number of thiazole rings is 1. The van der Waals surface area contributed by atoms with Gasteiger partial charge in [0.1, 0.15) is 4.88 Å². The van der Waals surface area contributed by atoms with E-state index < -0.39 is 0 Å². The number of hydrogen-bond donors (Lipinski definition) is 2. The molecule has 29 heavy (non-hydrogen) atoms. The van der Waals surface area contributed by atoms with E-state index in [1.807, 2.05) is 49.4 Å². The maximum absolute atomic E-state index is 12.7. The van der Waals surface area contributed by atoms with Gasteiger partial charge in [-0.25, -0.2) is 4.98 Å². The van der Waals surface area contributed by atoms with Crippen LogP contribution in [0.3, 0.4) is 0 Å². The number of rotatable bonds is 8. The molecule has 0 fully saturated rings. The molecule has 3 aromatic rings. The minimum Gasteiger partial charge on any atom is -0.352 e. The molecule has 0 saturated heterocycles. The monoisotopic (exact) mass is 407 g/mol. The zero-order valence-corrected chi connectivity index (χ0v) is 17.5. The third-order valence-corrected chi connectivity index (χ3v) is 5.44. The highest BCUT2D eigenvalue weighted by atomic mass is 32.1. The molecule has 0 bridgehead atoms. The maximum atomic E-state index is 12.7. The second-order valence-electron chi connectivity index (χ2n) is 6.77. The summed E-state index contributed by atoms with van der Waals surface area (Å²) in [5.41, 5.74) is 3.21. The molecule has 3 rings (SSSR count). The van der Waals surface area contributed by atoms with Crippen LogP contribution in [0.4, 0.5) is 0 Å². The van der Waals surface area contributed by atoms with Crippen LogP contribution in [0.1, 0.15) is 50.4 Å². The van der Waals surface area contributed by atoms with Crippen molar-refractivity contribution in [1.82, 2.24) is 15.6 Å². The Morgan fingerprint density at radius 1 is 0.966 bits per heavy atom. The highest BCUT2D eigenvalue weighted by molar-refractivity contribution is 7.14. The molecule has 5 nitrogen and oxygen atoms in total. The Balaban J connectivity index is 1.62. The molecule has 6 heteroatoms. The van der Waals surface area contributed by atoms with E-state index in [4.69, 9.17) is 0 Å². The maximum Gasteiger partial charge on any atom is 0.263 e. The van der Waals surface area contributed by atoms with E-state index in [1.54, 1.807) is 12.1 Å². The van der Waals surface area contributed by atoms with Crippen molar-refractivity contribution in [1.29, 1.82) is 0 Å². The number of aromatic nitrogens is 1. The van der Waals surface area contributed by atoms with Crippen molar-refractivity contribution in [3.8, 4) is 11.3 Å². The normalized spacial score (nSPS) is 10.6. The fraction of sp³-hybridized carbons (Fsp3) is 0.261. The average molecular weight is 408 g/mol. The molecule has 0 spiro atoms. The number of nitrogens with zero attached hydrogens (tertiary/aromatic N) is 1. The van der Waals surface area contributed by atoms with Crippen LogP contribution in [0.15, 0.2) is 54.6 Å². The summed E-state index contributed by atoms with van der Waals surface area (Å²) in [4.78, 5) is 30.0. The van der Waals surface area contributed by atoms with E-state index in [1.165, 1.54) is 11.3 Å². The fourth-order valence-corrected chi connectivity index (χ4v) is 3.75. The van der Waals surface area contributed by atoms with Gasteiger partial charge in [0, 0.05) is 24.2 Å². The van der Waals surface area contributed by atoms with E-state index in [2.05, 4.69) is 22.5 Å². The lowest BCUT2D eigenvalue weighted by Gasteiger charge is -2.07. The van der Waals surface area contributed by atoms with Crippen molar-refractivity contribution in [3.63, 3.8) is 0 Å². The Kier molecular flexibility index (Phi) is 7.14. The van der Waals surface area contributed by atoms with Crippen molar-refractivity contribution < 1.29 is 9.59 Å². The van der Waals surface area contributed by atoms with E-state index >= 15 is 0 Å². The predicted molar refractivity (Wildman–Crippen MR) is 117 cm³/mol. The van der Waals surface area contributed by atoms with Crippen LogP contribution in [0.2, 0.25) is 0 Å². The molecule has 0 aliphatic rings. The van der Waals surface area contributed by atoms with Crippen LogP contribution in [0.25, 0.3) is 11.3 Å². The Morgan fingerprint density at radius 2 is 1.69 bits per heavy atom. The van der Waals surface area contributed by atoms with Gasteiger partial charge < -0.3 is 10.6 Å². The SMILES string of the molecule is CCCCNC(=O)c1ccc(CNC(=O)c2sc(C)nc2-c2ccccc2)cc1. The number of aryl methyl sites for hydroxylation is 1. The molecule has 0 unspecified atom stereocenters. The topological polar surface area (TPSA) is 71.1 Å². The van der Waals surface area contributed by atoms with Crippen LogP contribution in [0.5, 0.6) is 0 Å². The molecule has 0 radical (unpaired) electrons. The van der Waals surface area contributed by atoms with Crippen LogP contribution < -0.4 is 10.6 Å². The second-order valence-corrected chi connectivity index (χ2v) is 7.97. The lowest BCUT2D eigenvalue weighted by molar-refractivity contribution is 0.0945. The summed E-state index contributed by atoms with van der Waals surface area (Å²) in [5, 5.41) is 6.72. The number of hydrogen-bond acceptors (Lipinski definition) is 4. The molecule has 0 atom stereocenters. The van der Waals surface area contributed by atoms with Gasteiger partial charge in [0.05, 0.1) is 10.7 Å². The third-order valence-electron chi connectivity index (χ3n) is 4.47. The molecule has 1 aromatic heterocycles. The number of carbonyl (C=O) groups is 2. The zero-order valence-electron chi connectivity index (χ0n) is 16.7. The Bertz CT molecular complexity index is 966. The van der Waals surface area contributed by atoms with Crippen molar-refractivity contribution in [2.24, 2.45) is 0 Å². The summed E-state index contributed by atoms with van der Waals surface area (Å²) < 4.78 is 0. The lowest BCUT2D eigenvalue weighted by atomic mass is 10.1. The van der Waals surface area contributed by atoms with Gasteiger partial charge >= 0.3 is 0 Å². The summed E-state index contributed by atoms with van der Waals surface area (Å²) >= 11 is 1.39. The minimum absolute atomic E-state index is 0.0679. The van der Waals surface area contributed by atoms with Gasteiger partial charge in [-0.15, -0.1) is 11.3 Å². The van der Waals surface area contributed by atoms with Crippen LogP contribution in [-0.2, 0) is 6.54 Å². The van der Waals surface area contributed by atoms with Crippen molar-refractivity contribution in [3.05, 3.63) is 75.6 Å². The largest absolute Gasteiger partial charge is 0.352 e. The molecular formula is C23H25N3O2S. The first kappa shape index (κ1) is 20.7. The van der Waals surface area contributed by atoms with Crippen LogP contribution >= 0.6 is 11.3 Å². The number of amides is 2. The fourth-order valence-electron chi connectivity index (χ4n) is 2.89. The number of unbranched alkanes of at least 4 members (excludes halogenated alkanes) is 1. The summed E-state index contributed by atoms with van der Waals surface area (Å²) in [6, 6.07) is 17.0. The van der Waals surface area contributed by atoms with Gasteiger partial charge in [-0.2, -0.15) is 0 Å². The van der Waals surface area contributed by atoms with Gasteiger partial charge in [-0.3, -0.25) is 9.59 Å². The summed E-state index contributed by atoms with van der Waals surface area (Å²) in [7, 11) is 0. The molecule has 150 valence electrons. The molecule has 2 amide bonds. The molecule has 1 heterocycles. The van der Waals surface area contributed by atoms with E-state index in [-0.39, 0.29) is 11.8 Å². The van der Waals surface area contributed by atoms with E-state index in [0.717, 1.165) is 29.0 Å². The molecule has 0 aliphatic heterocycles. The van der Waals surface area contributed by atoms with Gasteiger partial charge in [0.2, 0.25) is 0 Å². The predicted octanol–water partition coefficient (Wildman–Crippen LogP) is 4.58. The summed E-state index contributed by atoms with van der Waals surface area (Å²) in [5.74, 6) is -0.211. The molecule has 0 saturated carbocycles. The Labute approximate surface area is 175 Å². The molecule has 2 aromatic carbocycles. The van der Waals surface area contributed by atoms with Gasteiger partial charge in [0.25, 0.3) is 11.8 Å². The van der Waals surface area contributed by atoms with Gasteiger partial charge in [0.15, 0.2) is 0 Å². The smallest absolute Gasteiger partial charge is 0.263 e. The summed E-state index contributed by atoms with van der Waals surface area (Å²) in [6.45, 7) is 5.07. The van der Waals surface area contributed by atoms with Crippen LogP contribution in [-0.4, -0.2) is 23.3 Å². The molecule has 2 N–H and O–H groups in total. The summed E-state index contributed by atoms with van der Waals surface area (Å²) in [6.07, 6.45) is 2.02. The first-order chi connectivity index (χ1) is 14.1. The highest BCUT2D eigenvalue weighted by Crippen LogP contribution is 2.27. The number of carbonyl (C=O) groups excluding carboxylic acids is 2. The van der Waals surface area contributed by atoms with E-state index in [9.17, 15) is 9.59 Å². The van der Waals surface area contributed by atoms with Gasteiger partial charge in [-0.05, 0) is 31.0 Å². The molecule has 0 aliphatic carbocycles.